The molecule has 0 radical (unpaired) electrons. The second-order valence-electron chi connectivity index (χ2n) is 4.15. The van der Waals surface area contributed by atoms with Crippen LogP contribution in [0.25, 0.3) is 0 Å². The van der Waals surface area contributed by atoms with Crippen LogP contribution in [0.3, 0.4) is 0 Å². The Morgan fingerprint density at radius 1 is 1.30 bits per heavy atom. The predicted molar refractivity (Wildman–Crippen MR) is 72.5 cm³/mol. The first-order valence-corrected chi connectivity index (χ1v) is 6.15. The highest BCUT2D eigenvalue weighted by Crippen LogP contribution is 2.15. The Hall–Kier alpha value is -2.64. The molecule has 2 rings (SSSR count). The Labute approximate surface area is 115 Å². The smallest absolute Gasteiger partial charge is 0.276 e. The lowest BCUT2D eigenvalue weighted by Crippen LogP contribution is -2.21. The van der Waals surface area contributed by atoms with Gasteiger partial charge in [-0.2, -0.15) is 10.2 Å². The Balaban J connectivity index is 2.26. The first kappa shape index (κ1) is 13.8. The number of carbonyl (C=O) groups excluding carboxylic acids is 2. The van der Waals surface area contributed by atoms with E-state index in [4.69, 9.17) is 0 Å². The van der Waals surface area contributed by atoms with Crippen LogP contribution in [0.1, 0.15) is 27.9 Å². The molecule has 8 heteroatoms. The second kappa shape index (κ2) is 5.55. The molecule has 0 saturated carbocycles. The number of hydrogen-bond acceptors (Lipinski definition) is 4. The first-order chi connectivity index (χ1) is 9.55. The summed E-state index contributed by atoms with van der Waals surface area (Å²) >= 11 is 0. The van der Waals surface area contributed by atoms with Gasteiger partial charge in [0.1, 0.15) is 0 Å². The summed E-state index contributed by atoms with van der Waals surface area (Å²) in [5.74, 6) is -0.736. The zero-order valence-electron chi connectivity index (χ0n) is 11.5. The van der Waals surface area contributed by atoms with Crippen LogP contribution in [0.15, 0.2) is 18.5 Å². The van der Waals surface area contributed by atoms with Gasteiger partial charge in [0, 0.05) is 33.0 Å². The zero-order chi connectivity index (χ0) is 14.7. The van der Waals surface area contributed by atoms with E-state index < -0.39 is 0 Å². The number of aryl methyl sites for hydroxylation is 2. The molecular weight excluding hydrogens is 260 g/mol. The molecule has 0 aliphatic carbocycles. The first-order valence-electron chi connectivity index (χ1n) is 6.15. The van der Waals surface area contributed by atoms with E-state index in [9.17, 15) is 9.59 Å². The van der Waals surface area contributed by atoms with E-state index in [0.29, 0.717) is 12.2 Å². The van der Waals surface area contributed by atoms with Crippen LogP contribution in [-0.2, 0) is 13.6 Å². The van der Waals surface area contributed by atoms with Gasteiger partial charge >= 0.3 is 0 Å². The Bertz CT molecular complexity index is 642. The Morgan fingerprint density at radius 3 is 2.60 bits per heavy atom. The largest absolute Gasteiger partial charge is 0.354 e. The van der Waals surface area contributed by atoms with E-state index in [1.165, 1.54) is 11.7 Å². The second-order valence-corrected chi connectivity index (χ2v) is 4.15. The minimum atomic E-state index is -0.383. The van der Waals surface area contributed by atoms with Crippen LogP contribution in [0.5, 0.6) is 0 Å². The SMILES string of the molecule is CCn1cc(NC(=O)c2ccn(C)n2)c(C(=O)NC)n1. The molecule has 0 fully saturated rings. The fourth-order valence-corrected chi connectivity index (χ4v) is 1.68. The highest BCUT2D eigenvalue weighted by Gasteiger charge is 2.18. The molecule has 2 heterocycles. The summed E-state index contributed by atoms with van der Waals surface area (Å²) in [6.45, 7) is 2.49. The molecule has 0 aliphatic heterocycles. The van der Waals surface area contributed by atoms with Gasteiger partial charge in [0.15, 0.2) is 11.4 Å². The van der Waals surface area contributed by atoms with Crippen molar-refractivity contribution in [2.24, 2.45) is 7.05 Å². The minimum Gasteiger partial charge on any atom is -0.354 e. The lowest BCUT2D eigenvalue weighted by atomic mass is 10.3. The van der Waals surface area contributed by atoms with Gasteiger partial charge in [-0.05, 0) is 13.0 Å². The van der Waals surface area contributed by atoms with Crippen molar-refractivity contribution >= 4 is 17.5 Å². The third-order valence-electron chi connectivity index (χ3n) is 2.72. The molecule has 0 saturated heterocycles. The maximum atomic E-state index is 12.0. The lowest BCUT2D eigenvalue weighted by molar-refractivity contribution is 0.0958. The molecule has 8 nitrogen and oxygen atoms in total. The third kappa shape index (κ3) is 2.68. The monoisotopic (exact) mass is 276 g/mol. The summed E-state index contributed by atoms with van der Waals surface area (Å²) in [6.07, 6.45) is 3.29. The van der Waals surface area contributed by atoms with Crippen molar-refractivity contribution in [1.82, 2.24) is 24.9 Å². The van der Waals surface area contributed by atoms with Crippen LogP contribution >= 0.6 is 0 Å². The number of amides is 2. The maximum absolute atomic E-state index is 12.0. The summed E-state index contributed by atoms with van der Waals surface area (Å²) < 4.78 is 3.11. The van der Waals surface area contributed by atoms with Gasteiger partial charge in [0.05, 0.1) is 5.69 Å². The molecule has 0 aliphatic rings. The fraction of sp³-hybridized carbons (Fsp3) is 0.333. The minimum absolute atomic E-state index is 0.179. The number of aromatic nitrogens is 4. The Morgan fingerprint density at radius 2 is 2.05 bits per heavy atom. The Kier molecular flexibility index (Phi) is 3.83. The molecule has 2 N–H and O–H groups in total. The van der Waals surface area contributed by atoms with Crippen LogP contribution in [0.2, 0.25) is 0 Å². The third-order valence-corrected chi connectivity index (χ3v) is 2.72. The predicted octanol–water partition coefficient (Wildman–Crippen LogP) is 0.248. The van der Waals surface area contributed by atoms with Crippen molar-refractivity contribution in [1.29, 1.82) is 0 Å². The van der Waals surface area contributed by atoms with E-state index in [1.54, 1.807) is 30.2 Å². The molecule has 0 spiro atoms. The van der Waals surface area contributed by atoms with E-state index in [1.807, 2.05) is 6.92 Å². The number of anilines is 1. The number of hydrogen-bond donors (Lipinski definition) is 2. The molecule has 0 bridgehead atoms. The van der Waals surface area contributed by atoms with E-state index in [2.05, 4.69) is 20.8 Å². The number of rotatable bonds is 4. The maximum Gasteiger partial charge on any atom is 0.276 e. The van der Waals surface area contributed by atoms with Crippen molar-refractivity contribution in [3.63, 3.8) is 0 Å². The van der Waals surface area contributed by atoms with Crippen LogP contribution in [0.4, 0.5) is 5.69 Å². The molecule has 2 amide bonds. The summed E-state index contributed by atoms with van der Waals surface area (Å²) in [5, 5.41) is 13.3. The van der Waals surface area contributed by atoms with Crippen molar-refractivity contribution in [2.45, 2.75) is 13.5 Å². The van der Waals surface area contributed by atoms with Gasteiger partial charge in [-0.25, -0.2) is 0 Å². The summed E-state index contributed by atoms with van der Waals surface area (Å²) in [7, 11) is 3.24. The molecular formula is C12H16N6O2. The van der Waals surface area contributed by atoms with E-state index in [0.717, 1.165) is 0 Å². The number of nitrogens with one attached hydrogen (secondary N) is 2. The highest BCUT2D eigenvalue weighted by molar-refractivity contribution is 6.07. The van der Waals surface area contributed by atoms with Crippen molar-refractivity contribution < 1.29 is 9.59 Å². The molecule has 106 valence electrons. The number of carbonyl (C=O) groups is 2. The van der Waals surface area contributed by atoms with Gasteiger partial charge in [-0.3, -0.25) is 19.0 Å². The van der Waals surface area contributed by atoms with Gasteiger partial charge < -0.3 is 10.6 Å². The quantitative estimate of drug-likeness (QED) is 0.837. The van der Waals surface area contributed by atoms with Gasteiger partial charge in [-0.15, -0.1) is 0 Å². The molecule has 2 aromatic heterocycles. The van der Waals surface area contributed by atoms with Crippen molar-refractivity contribution in [2.75, 3.05) is 12.4 Å². The topological polar surface area (TPSA) is 93.8 Å². The van der Waals surface area contributed by atoms with E-state index >= 15 is 0 Å². The molecule has 0 unspecified atom stereocenters. The van der Waals surface area contributed by atoms with Crippen molar-refractivity contribution in [3.05, 3.63) is 29.8 Å². The van der Waals surface area contributed by atoms with Gasteiger partial charge in [0.25, 0.3) is 11.8 Å². The van der Waals surface area contributed by atoms with Crippen molar-refractivity contribution in [3.8, 4) is 0 Å². The fourth-order valence-electron chi connectivity index (χ4n) is 1.68. The average molecular weight is 276 g/mol. The van der Waals surface area contributed by atoms with Crippen LogP contribution in [-0.4, -0.2) is 38.4 Å². The number of nitrogens with zero attached hydrogens (tertiary/aromatic N) is 4. The van der Waals surface area contributed by atoms with E-state index in [-0.39, 0.29) is 23.2 Å². The van der Waals surface area contributed by atoms with Gasteiger partial charge in [0.2, 0.25) is 0 Å². The normalized spacial score (nSPS) is 10.3. The van der Waals surface area contributed by atoms with Gasteiger partial charge in [-0.1, -0.05) is 0 Å². The van der Waals surface area contributed by atoms with Crippen LogP contribution in [0, 0.1) is 0 Å². The standard InChI is InChI=1S/C12H16N6O2/c1-4-18-7-9(10(16-18)12(20)13-2)14-11(19)8-5-6-17(3)15-8/h5-7H,4H2,1-3H3,(H,13,20)(H,14,19). The average Bonchev–Trinajstić information content (AvgIpc) is 3.04. The summed E-state index contributed by atoms with van der Waals surface area (Å²) in [6, 6.07) is 1.60. The molecule has 0 aromatic carbocycles. The summed E-state index contributed by atoms with van der Waals surface area (Å²) in [4.78, 5) is 23.8. The highest BCUT2D eigenvalue weighted by atomic mass is 16.2. The molecule has 20 heavy (non-hydrogen) atoms. The summed E-state index contributed by atoms with van der Waals surface area (Å²) in [5.41, 5.74) is 0.820. The zero-order valence-corrected chi connectivity index (χ0v) is 11.5. The lowest BCUT2D eigenvalue weighted by Gasteiger charge is -2.02. The molecule has 0 atom stereocenters. The van der Waals surface area contributed by atoms with Crippen LogP contribution < -0.4 is 10.6 Å². The molecule has 2 aromatic rings.